The second-order valence-corrected chi connectivity index (χ2v) is 6.63. The van der Waals surface area contributed by atoms with Gasteiger partial charge in [-0.25, -0.2) is 4.79 Å². The summed E-state index contributed by atoms with van der Waals surface area (Å²) in [5.74, 6) is -0.132. The summed E-state index contributed by atoms with van der Waals surface area (Å²) < 4.78 is 0. The summed E-state index contributed by atoms with van der Waals surface area (Å²) in [6.45, 7) is 8.54. The first-order chi connectivity index (χ1) is 9.95. The lowest BCUT2D eigenvalue weighted by molar-refractivity contribution is -0.138. The second-order valence-electron chi connectivity index (χ2n) is 6.63. The van der Waals surface area contributed by atoms with Gasteiger partial charge < -0.3 is 20.2 Å². The van der Waals surface area contributed by atoms with E-state index >= 15 is 0 Å². The van der Waals surface area contributed by atoms with Gasteiger partial charge in [-0.1, -0.05) is 0 Å². The number of carbonyl (C=O) groups is 2. The predicted molar refractivity (Wildman–Crippen MR) is 80.1 cm³/mol. The largest absolute Gasteiger partial charge is 0.481 e. The standard InChI is InChI=1S/C15H27N3O3/c1-11(2)17-5-4-13(10-17)8-16-15(21)18-6-3-12(9-18)7-14(19)20/h11-13H,3-10H2,1-2H3,(H,16,21)(H,19,20). The van der Waals surface area contributed by atoms with Crippen molar-refractivity contribution in [3.05, 3.63) is 0 Å². The molecule has 2 heterocycles. The van der Waals surface area contributed by atoms with Crippen LogP contribution in [0.25, 0.3) is 0 Å². The molecule has 0 aromatic heterocycles. The van der Waals surface area contributed by atoms with Gasteiger partial charge in [0.2, 0.25) is 0 Å². The lowest BCUT2D eigenvalue weighted by atomic mass is 10.1. The Hall–Kier alpha value is -1.30. The molecule has 2 amide bonds. The van der Waals surface area contributed by atoms with Gasteiger partial charge >= 0.3 is 12.0 Å². The van der Waals surface area contributed by atoms with Crippen molar-refractivity contribution in [3.63, 3.8) is 0 Å². The summed E-state index contributed by atoms with van der Waals surface area (Å²) in [5, 5.41) is 11.8. The Bertz CT molecular complexity index is 386. The number of carbonyl (C=O) groups excluding carboxylic acids is 1. The van der Waals surface area contributed by atoms with Gasteiger partial charge in [-0.2, -0.15) is 0 Å². The van der Waals surface area contributed by atoms with Crippen LogP contribution in [0.15, 0.2) is 0 Å². The molecule has 2 aliphatic heterocycles. The van der Waals surface area contributed by atoms with E-state index in [0.29, 0.717) is 25.0 Å². The fraction of sp³-hybridized carbons (Fsp3) is 0.867. The number of likely N-dealkylation sites (tertiary alicyclic amines) is 2. The summed E-state index contributed by atoms with van der Waals surface area (Å²) in [6, 6.07) is 0.534. The number of carboxylic acid groups (broad SMARTS) is 1. The highest BCUT2D eigenvalue weighted by atomic mass is 16.4. The third kappa shape index (κ3) is 4.59. The van der Waals surface area contributed by atoms with E-state index in [1.807, 2.05) is 0 Å². The van der Waals surface area contributed by atoms with Crippen LogP contribution in [-0.2, 0) is 4.79 Å². The van der Waals surface area contributed by atoms with Crippen LogP contribution >= 0.6 is 0 Å². The number of nitrogens with one attached hydrogen (secondary N) is 1. The summed E-state index contributed by atoms with van der Waals surface area (Å²) in [6.07, 6.45) is 2.10. The molecule has 120 valence electrons. The molecule has 2 unspecified atom stereocenters. The summed E-state index contributed by atoms with van der Waals surface area (Å²) in [7, 11) is 0. The van der Waals surface area contributed by atoms with E-state index in [2.05, 4.69) is 24.1 Å². The Labute approximate surface area is 126 Å². The molecule has 2 N–H and O–H groups in total. The number of aliphatic carboxylic acids is 1. The van der Waals surface area contributed by atoms with E-state index in [4.69, 9.17) is 5.11 Å². The van der Waals surface area contributed by atoms with Gasteiger partial charge in [0.25, 0.3) is 0 Å². The number of carboxylic acids is 1. The van der Waals surface area contributed by atoms with Gasteiger partial charge in [-0.15, -0.1) is 0 Å². The number of urea groups is 1. The van der Waals surface area contributed by atoms with Crippen LogP contribution in [0.1, 0.15) is 33.1 Å². The van der Waals surface area contributed by atoms with Gasteiger partial charge in [0.15, 0.2) is 0 Å². The molecule has 21 heavy (non-hydrogen) atoms. The Morgan fingerprint density at radius 3 is 2.52 bits per heavy atom. The summed E-state index contributed by atoms with van der Waals surface area (Å²) in [5.41, 5.74) is 0. The average Bonchev–Trinajstić information content (AvgIpc) is 3.04. The molecule has 0 aromatic rings. The second kappa shape index (κ2) is 7.11. The molecule has 0 bridgehead atoms. The van der Waals surface area contributed by atoms with Crippen LogP contribution in [-0.4, -0.2) is 65.7 Å². The van der Waals surface area contributed by atoms with Crippen molar-refractivity contribution in [2.45, 2.75) is 39.2 Å². The van der Waals surface area contributed by atoms with Gasteiger partial charge in [-0.05, 0) is 45.1 Å². The summed E-state index contributed by atoms with van der Waals surface area (Å²) >= 11 is 0. The van der Waals surface area contributed by atoms with Crippen LogP contribution in [0.4, 0.5) is 4.79 Å². The smallest absolute Gasteiger partial charge is 0.317 e. The third-order valence-corrected chi connectivity index (χ3v) is 4.63. The Morgan fingerprint density at radius 2 is 1.90 bits per heavy atom. The first-order valence-corrected chi connectivity index (χ1v) is 7.94. The molecule has 6 heteroatoms. The SMILES string of the molecule is CC(C)N1CCC(CNC(=O)N2CCC(CC(=O)O)C2)C1. The molecule has 0 radical (unpaired) electrons. The van der Waals surface area contributed by atoms with Crippen LogP contribution in [0.2, 0.25) is 0 Å². The maximum atomic E-state index is 12.1. The number of rotatable bonds is 5. The zero-order chi connectivity index (χ0) is 15.4. The molecular weight excluding hydrogens is 270 g/mol. The third-order valence-electron chi connectivity index (χ3n) is 4.63. The van der Waals surface area contributed by atoms with Crippen molar-refractivity contribution in [3.8, 4) is 0 Å². The average molecular weight is 297 g/mol. The molecular formula is C15H27N3O3. The highest BCUT2D eigenvalue weighted by Crippen LogP contribution is 2.20. The lowest BCUT2D eigenvalue weighted by Gasteiger charge is -2.21. The highest BCUT2D eigenvalue weighted by molar-refractivity contribution is 5.74. The molecule has 2 rings (SSSR count). The number of hydrogen-bond acceptors (Lipinski definition) is 3. The minimum absolute atomic E-state index is 0.0362. The van der Waals surface area contributed by atoms with Gasteiger partial charge in [-0.3, -0.25) is 4.79 Å². The van der Waals surface area contributed by atoms with Crippen molar-refractivity contribution < 1.29 is 14.7 Å². The van der Waals surface area contributed by atoms with Crippen molar-refractivity contribution >= 4 is 12.0 Å². The molecule has 0 aliphatic carbocycles. The van der Waals surface area contributed by atoms with Crippen LogP contribution in [0, 0.1) is 11.8 Å². The zero-order valence-electron chi connectivity index (χ0n) is 13.0. The van der Waals surface area contributed by atoms with Crippen molar-refractivity contribution in [2.75, 3.05) is 32.7 Å². The predicted octanol–water partition coefficient (Wildman–Crippen LogP) is 1.22. The van der Waals surface area contributed by atoms with E-state index in [0.717, 1.165) is 32.5 Å². The molecule has 6 nitrogen and oxygen atoms in total. The van der Waals surface area contributed by atoms with E-state index in [-0.39, 0.29) is 18.4 Å². The first-order valence-electron chi connectivity index (χ1n) is 7.94. The van der Waals surface area contributed by atoms with E-state index in [1.165, 1.54) is 0 Å². The molecule has 0 spiro atoms. The zero-order valence-corrected chi connectivity index (χ0v) is 13.0. The van der Waals surface area contributed by atoms with Crippen molar-refractivity contribution in [1.29, 1.82) is 0 Å². The van der Waals surface area contributed by atoms with E-state index in [1.54, 1.807) is 4.90 Å². The maximum absolute atomic E-state index is 12.1. The quantitative estimate of drug-likeness (QED) is 0.800. The molecule has 2 fully saturated rings. The minimum atomic E-state index is -0.776. The normalized spacial score (nSPS) is 26.5. The van der Waals surface area contributed by atoms with Crippen LogP contribution in [0.5, 0.6) is 0 Å². The topological polar surface area (TPSA) is 72.9 Å². The van der Waals surface area contributed by atoms with Gasteiger partial charge in [0, 0.05) is 38.6 Å². The summed E-state index contributed by atoms with van der Waals surface area (Å²) in [4.78, 5) is 27.0. The first kappa shape index (κ1) is 16.1. The van der Waals surface area contributed by atoms with Gasteiger partial charge in [0.05, 0.1) is 0 Å². The fourth-order valence-corrected chi connectivity index (χ4v) is 3.27. The van der Waals surface area contributed by atoms with Crippen molar-refractivity contribution in [2.24, 2.45) is 11.8 Å². The van der Waals surface area contributed by atoms with Crippen molar-refractivity contribution in [1.82, 2.24) is 15.1 Å². The van der Waals surface area contributed by atoms with E-state index < -0.39 is 5.97 Å². The van der Waals surface area contributed by atoms with E-state index in [9.17, 15) is 9.59 Å². The van der Waals surface area contributed by atoms with Crippen LogP contribution < -0.4 is 5.32 Å². The highest BCUT2D eigenvalue weighted by Gasteiger charge is 2.29. The Morgan fingerprint density at radius 1 is 1.19 bits per heavy atom. The maximum Gasteiger partial charge on any atom is 0.317 e. The Kier molecular flexibility index (Phi) is 5.45. The fourth-order valence-electron chi connectivity index (χ4n) is 3.27. The van der Waals surface area contributed by atoms with Gasteiger partial charge in [0.1, 0.15) is 0 Å². The lowest BCUT2D eigenvalue weighted by Crippen LogP contribution is -2.41. The number of nitrogens with zero attached hydrogens (tertiary/aromatic N) is 2. The molecule has 2 saturated heterocycles. The molecule has 2 atom stereocenters. The number of amides is 2. The molecule has 0 aromatic carbocycles. The molecule has 2 aliphatic rings. The monoisotopic (exact) mass is 297 g/mol. The minimum Gasteiger partial charge on any atom is -0.481 e. The Balaban J connectivity index is 1.68. The number of hydrogen-bond donors (Lipinski definition) is 2. The molecule has 0 saturated carbocycles. The van der Waals surface area contributed by atoms with Crippen LogP contribution in [0.3, 0.4) is 0 Å².